The van der Waals surface area contributed by atoms with E-state index in [-0.39, 0.29) is 6.04 Å². The van der Waals surface area contributed by atoms with Crippen LogP contribution in [0.15, 0.2) is 0 Å². The van der Waals surface area contributed by atoms with E-state index >= 15 is 0 Å². The van der Waals surface area contributed by atoms with E-state index in [2.05, 4.69) is 12.2 Å². The van der Waals surface area contributed by atoms with E-state index in [1.165, 1.54) is 12.8 Å². The van der Waals surface area contributed by atoms with Gasteiger partial charge in [-0.2, -0.15) is 4.31 Å². The summed E-state index contributed by atoms with van der Waals surface area (Å²) in [6.45, 7) is 4.73. The molecule has 2 heterocycles. The number of nitrogens with one attached hydrogen (secondary N) is 1. The van der Waals surface area contributed by atoms with Crippen LogP contribution in [0.3, 0.4) is 0 Å². The van der Waals surface area contributed by atoms with E-state index in [9.17, 15) is 8.42 Å². The van der Waals surface area contributed by atoms with Crippen molar-refractivity contribution >= 4 is 10.0 Å². The quantitative estimate of drug-likeness (QED) is 0.850. The number of sulfonamides is 1. The van der Waals surface area contributed by atoms with Crippen LogP contribution >= 0.6 is 0 Å². The van der Waals surface area contributed by atoms with Crippen molar-refractivity contribution < 1.29 is 8.42 Å². The molecule has 0 aromatic heterocycles. The molecule has 0 saturated carbocycles. The van der Waals surface area contributed by atoms with Crippen molar-refractivity contribution in [1.82, 2.24) is 9.62 Å². The topological polar surface area (TPSA) is 49.4 Å². The van der Waals surface area contributed by atoms with Crippen LogP contribution < -0.4 is 5.32 Å². The lowest BCUT2D eigenvalue weighted by molar-refractivity contribution is 0.331. The molecule has 2 aliphatic heterocycles. The largest absolute Gasteiger partial charge is 0.317 e. The van der Waals surface area contributed by atoms with Gasteiger partial charge in [0.1, 0.15) is 0 Å². The summed E-state index contributed by atoms with van der Waals surface area (Å²) in [4.78, 5) is 0. The first-order valence-electron chi connectivity index (χ1n) is 7.30. The zero-order valence-corrected chi connectivity index (χ0v) is 12.2. The van der Waals surface area contributed by atoms with Gasteiger partial charge in [0.15, 0.2) is 0 Å². The molecule has 0 bridgehead atoms. The van der Waals surface area contributed by atoms with E-state index in [4.69, 9.17) is 0 Å². The maximum atomic E-state index is 12.5. The molecule has 2 aliphatic rings. The van der Waals surface area contributed by atoms with E-state index in [0.29, 0.717) is 11.7 Å². The van der Waals surface area contributed by atoms with Crippen LogP contribution in [0, 0.1) is 5.92 Å². The van der Waals surface area contributed by atoms with Gasteiger partial charge >= 0.3 is 0 Å². The van der Waals surface area contributed by atoms with Gasteiger partial charge in [-0.3, -0.25) is 0 Å². The maximum absolute atomic E-state index is 12.5. The molecular formula is C13H26N2O2S. The molecule has 0 spiro atoms. The Balaban J connectivity index is 1.99. The molecule has 0 amide bonds. The van der Waals surface area contributed by atoms with Gasteiger partial charge in [0, 0.05) is 12.6 Å². The van der Waals surface area contributed by atoms with Crippen molar-refractivity contribution in [3.63, 3.8) is 0 Å². The van der Waals surface area contributed by atoms with Crippen LogP contribution in [0.4, 0.5) is 0 Å². The third-order valence-electron chi connectivity index (χ3n) is 4.25. The Morgan fingerprint density at radius 1 is 1.11 bits per heavy atom. The number of hydrogen-bond donors (Lipinski definition) is 1. The normalized spacial score (nSPS) is 29.1. The fourth-order valence-electron chi connectivity index (χ4n) is 3.10. The van der Waals surface area contributed by atoms with Crippen LogP contribution in [0.25, 0.3) is 0 Å². The summed E-state index contributed by atoms with van der Waals surface area (Å²) in [7, 11) is -3.05. The van der Waals surface area contributed by atoms with Crippen molar-refractivity contribution in [3.8, 4) is 0 Å². The molecule has 0 aromatic rings. The lowest BCUT2D eigenvalue weighted by atomic mass is 10.0. The highest BCUT2D eigenvalue weighted by Crippen LogP contribution is 2.23. The summed E-state index contributed by atoms with van der Waals surface area (Å²) in [6.07, 6.45) is 6.38. The molecule has 106 valence electrons. The first-order valence-corrected chi connectivity index (χ1v) is 8.91. The minimum Gasteiger partial charge on any atom is -0.317 e. The minimum absolute atomic E-state index is 0.194. The van der Waals surface area contributed by atoms with Crippen molar-refractivity contribution in [2.75, 3.05) is 25.4 Å². The van der Waals surface area contributed by atoms with E-state index in [0.717, 1.165) is 45.3 Å². The first kappa shape index (κ1) is 14.3. The molecule has 5 heteroatoms. The highest BCUT2D eigenvalue weighted by atomic mass is 32.2. The predicted molar refractivity (Wildman–Crippen MR) is 74.0 cm³/mol. The monoisotopic (exact) mass is 274 g/mol. The van der Waals surface area contributed by atoms with E-state index in [1.807, 2.05) is 0 Å². The molecule has 1 unspecified atom stereocenters. The van der Waals surface area contributed by atoms with Crippen LogP contribution in [0.5, 0.6) is 0 Å². The molecule has 1 N–H and O–H groups in total. The molecule has 2 rings (SSSR count). The fraction of sp³-hybridized carbons (Fsp3) is 1.00. The molecule has 2 fully saturated rings. The molecule has 1 atom stereocenters. The molecule has 0 aromatic carbocycles. The summed E-state index contributed by atoms with van der Waals surface area (Å²) in [6, 6.07) is 0.194. The van der Waals surface area contributed by atoms with Crippen molar-refractivity contribution in [3.05, 3.63) is 0 Å². The van der Waals surface area contributed by atoms with Crippen LogP contribution in [0.2, 0.25) is 0 Å². The van der Waals surface area contributed by atoms with Gasteiger partial charge in [-0.15, -0.1) is 0 Å². The molecular weight excluding hydrogens is 248 g/mol. The summed E-state index contributed by atoms with van der Waals surface area (Å²) in [5.74, 6) is 0.714. The summed E-state index contributed by atoms with van der Waals surface area (Å²) < 4.78 is 26.8. The highest BCUT2D eigenvalue weighted by Gasteiger charge is 2.31. The number of piperidine rings is 1. The SMILES string of the molecule is CC1CCCCCN1S(=O)(=O)CC1CCNCC1. The van der Waals surface area contributed by atoms with Gasteiger partial charge < -0.3 is 5.32 Å². The first-order chi connectivity index (χ1) is 8.59. The lowest BCUT2D eigenvalue weighted by Gasteiger charge is -2.29. The molecule has 4 nitrogen and oxygen atoms in total. The Bertz CT molecular complexity index is 350. The Morgan fingerprint density at radius 3 is 2.56 bits per heavy atom. The molecule has 18 heavy (non-hydrogen) atoms. The summed E-state index contributed by atoms with van der Waals surface area (Å²) in [5, 5.41) is 3.29. The van der Waals surface area contributed by atoms with Crippen molar-refractivity contribution in [2.24, 2.45) is 5.92 Å². The second-order valence-corrected chi connectivity index (χ2v) is 7.75. The number of hydrogen-bond acceptors (Lipinski definition) is 3. The van der Waals surface area contributed by atoms with Crippen molar-refractivity contribution in [2.45, 2.75) is 51.5 Å². The second kappa shape index (κ2) is 6.35. The van der Waals surface area contributed by atoms with Crippen molar-refractivity contribution in [1.29, 1.82) is 0 Å². The Morgan fingerprint density at radius 2 is 1.83 bits per heavy atom. The molecule has 0 aliphatic carbocycles. The standard InChI is InChI=1S/C13H26N2O2S/c1-12-5-3-2-4-10-15(12)18(16,17)11-13-6-8-14-9-7-13/h12-14H,2-11H2,1H3. The zero-order valence-electron chi connectivity index (χ0n) is 11.4. The summed E-state index contributed by atoms with van der Waals surface area (Å²) >= 11 is 0. The van der Waals surface area contributed by atoms with Gasteiger partial charge in [0.2, 0.25) is 10.0 Å². The van der Waals surface area contributed by atoms with Crippen LogP contribution in [-0.2, 0) is 10.0 Å². The Labute approximate surface area is 111 Å². The van der Waals surface area contributed by atoms with Gasteiger partial charge in [0.25, 0.3) is 0 Å². The Kier molecular flexibility index (Phi) is 5.04. The maximum Gasteiger partial charge on any atom is 0.214 e. The van der Waals surface area contributed by atoms with Crippen LogP contribution in [0.1, 0.15) is 45.4 Å². The third kappa shape index (κ3) is 3.68. The van der Waals surface area contributed by atoms with E-state index in [1.54, 1.807) is 4.31 Å². The van der Waals surface area contributed by atoms with Gasteiger partial charge in [-0.25, -0.2) is 8.42 Å². The fourth-order valence-corrected chi connectivity index (χ4v) is 5.29. The smallest absolute Gasteiger partial charge is 0.214 e. The van der Waals surface area contributed by atoms with Gasteiger partial charge in [0.05, 0.1) is 5.75 Å². The highest BCUT2D eigenvalue weighted by molar-refractivity contribution is 7.89. The lowest BCUT2D eigenvalue weighted by Crippen LogP contribution is -2.42. The zero-order chi connectivity index (χ0) is 13.0. The second-order valence-electron chi connectivity index (χ2n) is 5.78. The average molecular weight is 274 g/mol. The van der Waals surface area contributed by atoms with Gasteiger partial charge in [-0.1, -0.05) is 12.8 Å². The van der Waals surface area contributed by atoms with Gasteiger partial charge in [-0.05, 0) is 51.6 Å². The number of nitrogens with zero attached hydrogens (tertiary/aromatic N) is 1. The predicted octanol–water partition coefficient (Wildman–Crippen LogP) is 1.58. The summed E-state index contributed by atoms with van der Waals surface area (Å²) in [5.41, 5.74) is 0. The minimum atomic E-state index is -3.05. The molecule has 0 radical (unpaired) electrons. The number of rotatable bonds is 3. The average Bonchev–Trinajstić information content (AvgIpc) is 2.55. The van der Waals surface area contributed by atoms with E-state index < -0.39 is 10.0 Å². The van der Waals surface area contributed by atoms with Crippen LogP contribution in [-0.4, -0.2) is 44.2 Å². The Hall–Kier alpha value is -0.130. The molecule has 2 saturated heterocycles. The third-order valence-corrected chi connectivity index (χ3v) is 6.40.